The van der Waals surface area contributed by atoms with Gasteiger partial charge < -0.3 is 4.79 Å². The summed E-state index contributed by atoms with van der Waals surface area (Å²) in [7, 11) is 0. The predicted molar refractivity (Wildman–Crippen MR) is 52.6 cm³/mol. The van der Waals surface area contributed by atoms with Crippen LogP contribution >= 0.6 is 0 Å². The molecule has 0 amide bonds. The maximum atomic E-state index is 11.0. The minimum absolute atomic E-state index is 0.317. The highest BCUT2D eigenvalue weighted by Gasteiger charge is 2.21. The number of carbonyl (C=O) groups is 1. The summed E-state index contributed by atoms with van der Waals surface area (Å²) in [5, 5.41) is 0. The number of rotatable bonds is 2. The van der Waals surface area contributed by atoms with E-state index in [9.17, 15) is 4.79 Å². The molecule has 0 unspecified atom stereocenters. The van der Waals surface area contributed by atoms with Crippen LogP contribution in [0.2, 0.25) is 0 Å². The molecule has 1 aliphatic rings. The lowest BCUT2D eigenvalue weighted by atomic mass is 10.0. The van der Waals surface area contributed by atoms with Crippen molar-refractivity contribution in [3.63, 3.8) is 0 Å². The normalized spacial score (nSPS) is 15.8. The van der Waals surface area contributed by atoms with E-state index in [1.165, 1.54) is 11.1 Å². The maximum Gasteiger partial charge on any atom is 0.130 e. The van der Waals surface area contributed by atoms with Crippen molar-refractivity contribution in [2.45, 2.75) is 26.2 Å². The quantitative estimate of drug-likeness (QED) is 0.672. The van der Waals surface area contributed by atoms with Crippen molar-refractivity contribution in [1.29, 1.82) is 0 Å². The molecule has 0 atom stereocenters. The topological polar surface area (TPSA) is 17.1 Å². The Morgan fingerprint density at radius 3 is 2.31 bits per heavy atom. The molecule has 68 valence electrons. The van der Waals surface area contributed by atoms with Crippen LogP contribution in [0.25, 0.3) is 0 Å². The van der Waals surface area contributed by atoms with Crippen LogP contribution in [0.15, 0.2) is 24.3 Å². The molecule has 1 nitrogen and oxygen atoms in total. The molecule has 0 spiro atoms. The molecule has 1 aromatic carbocycles. The van der Waals surface area contributed by atoms with Crippen LogP contribution < -0.4 is 0 Å². The van der Waals surface area contributed by atoms with Gasteiger partial charge in [-0.05, 0) is 36.8 Å². The fourth-order valence-electron chi connectivity index (χ4n) is 2.20. The summed E-state index contributed by atoms with van der Waals surface area (Å²) in [5.41, 5.74) is 2.88. The summed E-state index contributed by atoms with van der Waals surface area (Å²) >= 11 is 0. The Balaban J connectivity index is 2.09. The first-order valence-corrected chi connectivity index (χ1v) is 4.82. The molecule has 0 saturated heterocycles. The van der Waals surface area contributed by atoms with E-state index in [2.05, 4.69) is 24.3 Å². The Hall–Kier alpha value is -1.11. The average Bonchev–Trinajstić information content (AvgIpc) is 2.44. The highest BCUT2D eigenvalue weighted by Crippen LogP contribution is 2.28. The highest BCUT2D eigenvalue weighted by atomic mass is 16.1. The zero-order chi connectivity index (χ0) is 9.26. The summed E-state index contributed by atoms with van der Waals surface area (Å²) in [6.45, 7) is 1.68. The molecule has 0 fully saturated rings. The van der Waals surface area contributed by atoms with Gasteiger partial charge in [0.2, 0.25) is 0 Å². The Morgan fingerprint density at radius 2 is 1.85 bits per heavy atom. The fourth-order valence-corrected chi connectivity index (χ4v) is 2.20. The van der Waals surface area contributed by atoms with Gasteiger partial charge in [0.15, 0.2) is 0 Å². The third kappa shape index (κ3) is 1.80. The first-order valence-electron chi connectivity index (χ1n) is 4.82. The van der Waals surface area contributed by atoms with E-state index < -0.39 is 0 Å². The second-order valence-electron chi connectivity index (χ2n) is 3.95. The van der Waals surface area contributed by atoms with Gasteiger partial charge in [-0.2, -0.15) is 0 Å². The van der Waals surface area contributed by atoms with E-state index in [0.717, 1.165) is 19.3 Å². The Morgan fingerprint density at radius 1 is 1.31 bits per heavy atom. The molecule has 1 aliphatic carbocycles. The van der Waals surface area contributed by atoms with Gasteiger partial charge in [-0.1, -0.05) is 24.3 Å². The lowest BCUT2D eigenvalue weighted by molar-refractivity contribution is -0.117. The van der Waals surface area contributed by atoms with Gasteiger partial charge in [0.25, 0.3) is 0 Å². The number of fused-ring (bicyclic) bond motifs is 1. The van der Waals surface area contributed by atoms with Gasteiger partial charge in [0.1, 0.15) is 5.78 Å². The largest absolute Gasteiger partial charge is 0.300 e. The first kappa shape index (κ1) is 8.49. The molecule has 0 bridgehead atoms. The minimum Gasteiger partial charge on any atom is -0.300 e. The highest BCUT2D eigenvalue weighted by molar-refractivity contribution is 5.75. The first-order chi connectivity index (χ1) is 6.25. The van der Waals surface area contributed by atoms with Crippen molar-refractivity contribution in [3.05, 3.63) is 35.4 Å². The van der Waals surface area contributed by atoms with Crippen molar-refractivity contribution >= 4 is 5.78 Å². The Bertz CT molecular complexity index is 303. The van der Waals surface area contributed by atoms with Crippen molar-refractivity contribution in [2.24, 2.45) is 5.92 Å². The van der Waals surface area contributed by atoms with Crippen molar-refractivity contribution < 1.29 is 4.79 Å². The third-order valence-corrected chi connectivity index (χ3v) is 2.71. The van der Waals surface area contributed by atoms with Crippen LogP contribution in [0.3, 0.4) is 0 Å². The lowest BCUT2D eigenvalue weighted by Crippen LogP contribution is -2.04. The smallest absolute Gasteiger partial charge is 0.130 e. The van der Waals surface area contributed by atoms with Gasteiger partial charge in [-0.25, -0.2) is 0 Å². The van der Waals surface area contributed by atoms with E-state index in [1.807, 2.05) is 0 Å². The van der Waals surface area contributed by atoms with Gasteiger partial charge in [-0.15, -0.1) is 0 Å². The molecule has 1 aromatic rings. The minimum atomic E-state index is 0.317. The van der Waals surface area contributed by atoms with E-state index in [-0.39, 0.29) is 0 Å². The summed E-state index contributed by atoms with van der Waals surface area (Å²) in [5.74, 6) is 0.882. The molecule has 2 rings (SSSR count). The van der Waals surface area contributed by atoms with Gasteiger partial charge in [-0.3, -0.25) is 0 Å². The van der Waals surface area contributed by atoms with Gasteiger partial charge in [0, 0.05) is 6.42 Å². The standard InChI is InChI=1S/C12H14O/c1-9(13)6-10-7-11-4-2-3-5-12(11)8-10/h2-5,10H,6-8H2,1H3. The van der Waals surface area contributed by atoms with E-state index in [0.29, 0.717) is 11.7 Å². The van der Waals surface area contributed by atoms with E-state index in [4.69, 9.17) is 0 Å². The summed E-state index contributed by atoms with van der Waals surface area (Å²) in [6.07, 6.45) is 2.93. The number of hydrogen-bond donors (Lipinski definition) is 0. The molecule has 0 heterocycles. The predicted octanol–water partition coefficient (Wildman–Crippen LogP) is 2.38. The van der Waals surface area contributed by atoms with Crippen LogP contribution in [0.4, 0.5) is 0 Å². The SMILES string of the molecule is CC(=O)CC1Cc2ccccc2C1. The van der Waals surface area contributed by atoms with Crippen LogP contribution in [-0.4, -0.2) is 5.78 Å². The number of ketones is 1. The molecule has 13 heavy (non-hydrogen) atoms. The van der Waals surface area contributed by atoms with Gasteiger partial charge in [0.05, 0.1) is 0 Å². The van der Waals surface area contributed by atoms with Crippen LogP contribution in [0.1, 0.15) is 24.5 Å². The summed E-state index contributed by atoms with van der Waals surface area (Å²) in [4.78, 5) is 11.0. The number of hydrogen-bond acceptors (Lipinski definition) is 1. The Kier molecular flexibility index (Phi) is 2.17. The third-order valence-electron chi connectivity index (χ3n) is 2.71. The fraction of sp³-hybridized carbons (Fsp3) is 0.417. The lowest BCUT2D eigenvalue weighted by Gasteiger charge is -2.03. The Labute approximate surface area is 78.8 Å². The maximum absolute atomic E-state index is 11.0. The van der Waals surface area contributed by atoms with Crippen LogP contribution in [-0.2, 0) is 17.6 Å². The number of Topliss-reactive ketones (excluding diaryl/α,β-unsaturated/α-hetero) is 1. The van der Waals surface area contributed by atoms with Crippen molar-refractivity contribution in [2.75, 3.05) is 0 Å². The molecular weight excluding hydrogens is 160 g/mol. The molecular formula is C12H14O. The van der Waals surface area contributed by atoms with E-state index in [1.54, 1.807) is 6.92 Å². The second kappa shape index (κ2) is 3.33. The monoisotopic (exact) mass is 174 g/mol. The van der Waals surface area contributed by atoms with Gasteiger partial charge >= 0.3 is 0 Å². The van der Waals surface area contributed by atoms with Crippen LogP contribution in [0, 0.1) is 5.92 Å². The molecule has 0 aromatic heterocycles. The average molecular weight is 174 g/mol. The second-order valence-corrected chi connectivity index (χ2v) is 3.95. The molecule has 0 aliphatic heterocycles. The molecule has 0 radical (unpaired) electrons. The zero-order valence-electron chi connectivity index (χ0n) is 7.92. The number of carbonyl (C=O) groups excluding carboxylic acids is 1. The summed E-state index contributed by atoms with van der Waals surface area (Å²) in [6, 6.07) is 8.51. The number of benzene rings is 1. The van der Waals surface area contributed by atoms with Crippen molar-refractivity contribution in [1.82, 2.24) is 0 Å². The molecule has 1 heteroatoms. The van der Waals surface area contributed by atoms with E-state index >= 15 is 0 Å². The van der Waals surface area contributed by atoms with Crippen molar-refractivity contribution in [3.8, 4) is 0 Å². The summed E-state index contributed by atoms with van der Waals surface area (Å²) < 4.78 is 0. The molecule has 0 saturated carbocycles. The van der Waals surface area contributed by atoms with Crippen LogP contribution in [0.5, 0.6) is 0 Å². The zero-order valence-corrected chi connectivity index (χ0v) is 7.92. The molecule has 0 N–H and O–H groups in total.